The minimum Gasteiger partial charge on any atom is -0.222 e. The van der Waals surface area contributed by atoms with Crippen LogP contribution in [0.15, 0.2) is 68.4 Å². The van der Waals surface area contributed by atoms with E-state index >= 15 is 0 Å². The van der Waals surface area contributed by atoms with E-state index in [1.807, 2.05) is 0 Å². The molecule has 0 aliphatic rings. The molecule has 0 unspecified atom stereocenters. The maximum Gasteiger partial charge on any atom is 0.240 e. The number of hydrogen-bond acceptors (Lipinski definition) is 6. The van der Waals surface area contributed by atoms with Crippen molar-refractivity contribution in [2.45, 2.75) is 14.4 Å². The Morgan fingerprint density at radius 2 is 1.58 bits per heavy atom. The summed E-state index contributed by atoms with van der Waals surface area (Å²) in [6, 6.07) is 10.8. The molecule has 2 heterocycles. The quantitative estimate of drug-likeness (QED) is 0.621. The van der Waals surface area contributed by atoms with Gasteiger partial charge in [0.1, 0.15) is 15.3 Å². The second-order valence-electron chi connectivity index (χ2n) is 5.29. The Labute approximate surface area is 159 Å². The molecule has 0 radical (unpaired) electrons. The van der Waals surface area contributed by atoms with E-state index in [1.54, 1.807) is 29.0 Å². The van der Waals surface area contributed by atoms with E-state index in [2.05, 4.69) is 4.72 Å². The molecule has 0 aliphatic carbocycles. The van der Waals surface area contributed by atoms with Gasteiger partial charge in [-0.15, -0.1) is 22.7 Å². The van der Waals surface area contributed by atoms with Gasteiger partial charge in [0.2, 0.25) is 10.0 Å². The van der Waals surface area contributed by atoms with Crippen LogP contribution in [0.25, 0.3) is 0 Å². The summed E-state index contributed by atoms with van der Waals surface area (Å²) in [5.41, 5.74) is 0. The Bertz CT molecular complexity index is 1060. The van der Waals surface area contributed by atoms with Crippen molar-refractivity contribution < 1.29 is 21.2 Å². The zero-order valence-electron chi connectivity index (χ0n) is 13.2. The number of thiophene rings is 2. The number of nitrogens with one attached hydrogen (secondary N) is 1. The van der Waals surface area contributed by atoms with Crippen LogP contribution in [0.1, 0.15) is 10.1 Å². The normalized spacial score (nSPS) is 13.6. The summed E-state index contributed by atoms with van der Waals surface area (Å²) in [5, 5.41) is 2.35. The second-order valence-corrected chi connectivity index (χ2v) is 11.3. The molecular weight excluding hydrogens is 417 g/mol. The van der Waals surface area contributed by atoms with E-state index in [0.29, 0.717) is 4.88 Å². The highest BCUT2D eigenvalue weighted by atomic mass is 32.2. The van der Waals surface area contributed by atoms with Crippen LogP contribution >= 0.6 is 22.7 Å². The minimum absolute atomic E-state index is 0.127. The molecule has 0 saturated heterocycles. The average molecular weight is 432 g/mol. The van der Waals surface area contributed by atoms with Crippen LogP contribution in [0.4, 0.5) is 4.39 Å². The molecule has 0 spiro atoms. The SMILES string of the molecule is O=S(=O)(NC[C@H](c1cccs1)S(=O)(=O)c1cccs1)c1ccc(F)cc1. The summed E-state index contributed by atoms with van der Waals surface area (Å²) in [7, 11) is -7.72. The van der Waals surface area contributed by atoms with E-state index in [-0.39, 0.29) is 15.6 Å². The van der Waals surface area contributed by atoms with Crippen molar-refractivity contribution in [1.82, 2.24) is 4.72 Å². The lowest BCUT2D eigenvalue weighted by Gasteiger charge is -2.16. The van der Waals surface area contributed by atoms with E-state index < -0.39 is 30.9 Å². The fraction of sp³-hybridized carbons (Fsp3) is 0.125. The number of halogens is 1. The Morgan fingerprint density at radius 1 is 0.923 bits per heavy atom. The number of benzene rings is 1. The van der Waals surface area contributed by atoms with Crippen LogP contribution in [-0.4, -0.2) is 23.4 Å². The van der Waals surface area contributed by atoms with E-state index in [1.165, 1.54) is 17.4 Å². The molecule has 5 nitrogen and oxygen atoms in total. The summed E-state index contributed by atoms with van der Waals surface area (Å²) in [4.78, 5) is 0.414. The van der Waals surface area contributed by atoms with E-state index in [9.17, 15) is 21.2 Å². The fourth-order valence-electron chi connectivity index (χ4n) is 2.29. The summed E-state index contributed by atoms with van der Waals surface area (Å²) in [6.07, 6.45) is 0. The van der Waals surface area contributed by atoms with Gasteiger partial charge in [-0.3, -0.25) is 0 Å². The maximum absolute atomic E-state index is 13.0. The van der Waals surface area contributed by atoms with Gasteiger partial charge in [-0.25, -0.2) is 25.9 Å². The maximum atomic E-state index is 13.0. The van der Waals surface area contributed by atoms with Crippen molar-refractivity contribution in [2.75, 3.05) is 6.54 Å². The van der Waals surface area contributed by atoms with Crippen LogP contribution in [0, 0.1) is 5.82 Å². The third-order valence-corrected chi connectivity index (χ3v) is 9.68. The Kier molecular flexibility index (Phi) is 5.58. The molecule has 1 atom stereocenters. The predicted molar refractivity (Wildman–Crippen MR) is 100 cm³/mol. The molecule has 138 valence electrons. The van der Waals surface area contributed by atoms with Gasteiger partial charge < -0.3 is 0 Å². The zero-order chi connectivity index (χ0) is 18.8. The zero-order valence-corrected chi connectivity index (χ0v) is 16.5. The lowest BCUT2D eigenvalue weighted by atomic mass is 10.3. The molecule has 26 heavy (non-hydrogen) atoms. The third-order valence-electron chi connectivity index (χ3n) is 3.59. The molecular formula is C16H14FNO4S4. The number of sulfone groups is 1. The van der Waals surface area contributed by atoms with Crippen LogP contribution < -0.4 is 4.72 Å². The van der Waals surface area contributed by atoms with Gasteiger partial charge in [-0.1, -0.05) is 12.1 Å². The smallest absolute Gasteiger partial charge is 0.222 e. The van der Waals surface area contributed by atoms with Gasteiger partial charge in [0.05, 0.1) is 4.90 Å². The first-order chi connectivity index (χ1) is 12.3. The highest BCUT2D eigenvalue weighted by Crippen LogP contribution is 2.33. The largest absolute Gasteiger partial charge is 0.240 e. The standard InChI is InChI=1S/C16H14FNO4S4/c17-12-5-7-13(8-6-12)26(21,22)18-11-15(14-3-1-9-23-14)25(19,20)16-4-2-10-24-16/h1-10,15,18H,11H2/t15-/m1/s1. The van der Waals surface area contributed by atoms with Crippen molar-refractivity contribution >= 4 is 42.5 Å². The Morgan fingerprint density at radius 3 is 2.15 bits per heavy atom. The average Bonchev–Trinajstić information content (AvgIpc) is 3.29. The lowest BCUT2D eigenvalue weighted by molar-refractivity contribution is 0.570. The summed E-state index contributed by atoms with van der Waals surface area (Å²) in [6.45, 7) is -0.319. The molecule has 0 amide bonds. The van der Waals surface area contributed by atoms with Crippen LogP contribution in [0.3, 0.4) is 0 Å². The summed E-state index contributed by atoms with van der Waals surface area (Å²) < 4.78 is 66.2. The Balaban J connectivity index is 1.89. The van der Waals surface area contributed by atoms with Crippen LogP contribution in [0.2, 0.25) is 0 Å². The number of sulfonamides is 1. The first-order valence-electron chi connectivity index (χ1n) is 7.37. The lowest BCUT2D eigenvalue weighted by Crippen LogP contribution is -2.31. The van der Waals surface area contributed by atoms with E-state index in [4.69, 9.17) is 0 Å². The molecule has 10 heteroatoms. The monoisotopic (exact) mass is 431 g/mol. The molecule has 0 saturated carbocycles. The Hall–Kier alpha value is -1.59. The van der Waals surface area contributed by atoms with Gasteiger partial charge in [0, 0.05) is 11.4 Å². The number of rotatable bonds is 7. The molecule has 2 aromatic heterocycles. The van der Waals surface area contributed by atoms with E-state index in [0.717, 1.165) is 35.6 Å². The first kappa shape index (κ1) is 19.2. The highest BCUT2D eigenvalue weighted by molar-refractivity contribution is 7.94. The van der Waals surface area contributed by atoms with Crippen molar-refractivity contribution in [3.05, 3.63) is 70.0 Å². The van der Waals surface area contributed by atoms with Crippen LogP contribution in [-0.2, 0) is 19.9 Å². The highest BCUT2D eigenvalue weighted by Gasteiger charge is 2.32. The van der Waals surface area contributed by atoms with Gasteiger partial charge in [0.15, 0.2) is 9.84 Å². The van der Waals surface area contributed by atoms with Crippen LogP contribution in [0.5, 0.6) is 0 Å². The van der Waals surface area contributed by atoms with Gasteiger partial charge in [-0.05, 0) is 47.2 Å². The molecule has 3 aromatic rings. The second kappa shape index (κ2) is 7.57. The van der Waals surface area contributed by atoms with Gasteiger partial charge >= 0.3 is 0 Å². The molecule has 0 fully saturated rings. The van der Waals surface area contributed by atoms with Crippen molar-refractivity contribution in [3.63, 3.8) is 0 Å². The topological polar surface area (TPSA) is 80.3 Å². The molecule has 1 N–H and O–H groups in total. The molecule has 0 aliphatic heterocycles. The van der Waals surface area contributed by atoms with Crippen molar-refractivity contribution in [3.8, 4) is 0 Å². The van der Waals surface area contributed by atoms with Gasteiger partial charge in [-0.2, -0.15) is 0 Å². The van der Waals surface area contributed by atoms with Gasteiger partial charge in [0.25, 0.3) is 0 Å². The number of hydrogen-bond donors (Lipinski definition) is 1. The summed E-state index contributed by atoms with van der Waals surface area (Å²) in [5.74, 6) is -0.555. The molecule has 1 aromatic carbocycles. The third kappa shape index (κ3) is 4.04. The molecule has 3 rings (SSSR count). The minimum atomic E-state index is -3.97. The van der Waals surface area contributed by atoms with Crippen molar-refractivity contribution in [1.29, 1.82) is 0 Å². The van der Waals surface area contributed by atoms with Crippen molar-refractivity contribution in [2.24, 2.45) is 0 Å². The molecule has 0 bridgehead atoms. The fourth-order valence-corrected chi connectivity index (χ4v) is 7.43. The first-order valence-corrected chi connectivity index (χ1v) is 12.2. The predicted octanol–water partition coefficient (Wildman–Crippen LogP) is 3.44. The summed E-state index contributed by atoms with van der Waals surface area (Å²) >= 11 is 2.33.